The van der Waals surface area contributed by atoms with Gasteiger partial charge in [-0.15, -0.1) is 0 Å². The molecule has 5 aliphatic rings. The van der Waals surface area contributed by atoms with Gasteiger partial charge < -0.3 is 9.80 Å². The minimum Gasteiger partial charge on any atom is -0.371 e. The number of anilines is 1. The average molecular weight is 472 g/mol. The molecule has 34 heavy (non-hydrogen) atoms. The fraction of sp³-hybridized carbons (Fsp3) is 0.583. The van der Waals surface area contributed by atoms with E-state index < -0.39 is 41.5 Å². The Balaban J connectivity index is 1.20. The maximum absolute atomic E-state index is 14.8. The quantitative estimate of drug-likeness (QED) is 0.669. The van der Waals surface area contributed by atoms with Crippen LogP contribution in [0.2, 0.25) is 0 Å². The molecule has 180 valence electrons. The van der Waals surface area contributed by atoms with Crippen molar-refractivity contribution in [3.05, 3.63) is 29.3 Å². The van der Waals surface area contributed by atoms with Gasteiger partial charge in [0.1, 0.15) is 6.04 Å². The van der Waals surface area contributed by atoms with Gasteiger partial charge in [0.05, 0.1) is 17.0 Å². The van der Waals surface area contributed by atoms with Crippen LogP contribution in [0.25, 0.3) is 0 Å². The lowest BCUT2D eigenvalue weighted by molar-refractivity contribution is -0.136. The lowest BCUT2D eigenvalue weighted by Crippen LogP contribution is -2.54. The van der Waals surface area contributed by atoms with Crippen LogP contribution in [0.3, 0.4) is 0 Å². The van der Waals surface area contributed by atoms with Crippen LogP contribution in [0.1, 0.15) is 46.4 Å². The van der Waals surface area contributed by atoms with Gasteiger partial charge in [0.15, 0.2) is 0 Å². The van der Waals surface area contributed by atoms with E-state index in [0.717, 1.165) is 18.0 Å². The molecule has 1 saturated carbocycles. The van der Waals surface area contributed by atoms with Gasteiger partial charge in [-0.05, 0) is 42.9 Å². The summed E-state index contributed by atoms with van der Waals surface area (Å²) in [6.07, 6.45) is 1.10. The monoisotopic (exact) mass is 472 g/mol. The predicted octanol–water partition coefficient (Wildman–Crippen LogP) is 1.50. The van der Waals surface area contributed by atoms with Crippen molar-refractivity contribution >= 4 is 29.3 Å². The fourth-order valence-electron chi connectivity index (χ4n) is 6.02. The van der Waals surface area contributed by atoms with Crippen LogP contribution in [0.4, 0.5) is 14.5 Å². The number of alkyl halides is 2. The first-order chi connectivity index (χ1) is 16.2. The van der Waals surface area contributed by atoms with Crippen LogP contribution in [0.15, 0.2) is 18.2 Å². The van der Waals surface area contributed by atoms with Crippen LogP contribution < -0.4 is 10.2 Å². The number of fused-ring (bicyclic) bond motifs is 2. The molecule has 1 aliphatic carbocycles. The lowest BCUT2D eigenvalue weighted by atomic mass is 9.92. The first kappa shape index (κ1) is 21.6. The lowest BCUT2D eigenvalue weighted by Gasteiger charge is -2.41. The van der Waals surface area contributed by atoms with E-state index in [-0.39, 0.29) is 43.5 Å². The Hall–Kier alpha value is -2.88. The second-order valence-corrected chi connectivity index (χ2v) is 10.3. The van der Waals surface area contributed by atoms with E-state index in [9.17, 15) is 28.0 Å². The largest absolute Gasteiger partial charge is 0.371 e. The van der Waals surface area contributed by atoms with E-state index in [1.165, 1.54) is 12.5 Å². The highest BCUT2D eigenvalue weighted by molar-refractivity contribution is 6.23. The molecule has 6 rings (SSSR count). The van der Waals surface area contributed by atoms with E-state index in [1.54, 1.807) is 12.1 Å². The highest BCUT2D eigenvalue weighted by atomic mass is 19.3. The number of nitrogens with one attached hydrogen (secondary N) is 1. The molecule has 1 aromatic carbocycles. The predicted molar refractivity (Wildman–Crippen MR) is 116 cm³/mol. The van der Waals surface area contributed by atoms with Crippen molar-refractivity contribution in [3.63, 3.8) is 0 Å². The van der Waals surface area contributed by atoms with Gasteiger partial charge >= 0.3 is 0 Å². The number of hydrogen-bond acceptors (Lipinski definition) is 6. The number of hydrogen-bond donors (Lipinski definition) is 1. The molecule has 4 amide bonds. The van der Waals surface area contributed by atoms with E-state index in [1.807, 2.05) is 4.90 Å². The van der Waals surface area contributed by atoms with Crippen LogP contribution in [-0.4, -0.2) is 78.1 Å². The van der Waals surface area contributed by atoms with Gasteiger partial charge in [-0.25, -0.2) is 8.78 Å². The SMILES string of the molecule is O=C1CCC(N2C(=O)c3ccc(N4CCC(F)(F)C(CN5CC6CC6C5)C4)cc3C2=O)C(=O)N1. The third-order valence-corrected chi connectivity index (χ3v) is 8.07. The Kier molecular flexibility index (Phi) is 4.81. The number of benzene rings is 1. The van der Waals surface area contributed by atoms with Crippen molar-refractivity contribution in [1.29, 1.82) is 0 Å². The van der Waals surface area contributed by atoms with E-state index in [4.69, 9.17) is 0 Å². The van der Waals surface area contributed by atoms with Crippen molar-refractivity contribution in [2.24, 2.45) is 17.8 Å². The zero-order valence-electron chi connectivity index (χ0n) is 18.6. The zero-order valence-corrected chi connectivity index (χ0v) is 18.6. The molecule has 8 nitrogen and oxygen atoms in total. The molecule has 4 heterocycles. The molecule has 0 aromatic heterocycles. The summed E-state index contributed by atoms with van der Waals surface area (Å²) in [6, 6.07) is 3.77. The zero-order chi connectivity index (χ0) is 23.8. The molecule has 0 radical (unpaired) electrons. The molecule has 3 saturated heterocycles. The number of amides is 4. The molecule has 10 heteroatoms. The number of piperidine rings is 3. The molecule has 4 aliphatic heterocycles. The summed E-state index contributed by atoms with van der Waals surface area (Å²) >= 11 is 0. The maximum Gasteiger partial charge on any atom is 0.262 e. The minimum atomic E-state index is -2.74. The first-order valence-electron chi connectivity index (χ1n) is 11.9. The Morgan fingerprint density at radius 2 is 1.74 bits per heavy atom. The van der Waals surface area contributed by atoms with Crippen LogP contribution in [0.5, 0.6) is 0 Å². The summed E-state index contributed by atoms with van der Waals surface area (Å²) in [5, 5.41) is 2.18. The van der Waals surface area contributed by atoms with Gasteiger partial charge in [0.25, 0.3) is 17.7 Å². The Morgan fingerprint density at radius 3 is 2.47 bits per heavy atom. The Labute approximate surface area is 195 Å². The molecule has 4 unspecified atom stereocenters. The summed E-state index contributed by atoms with van der Waals surface area (Å²) < 4.78 is 29.5. The first-order valence-corrected chi connectivity index (χ1v) is 11.9. The molecule has 0 bridgehead atoms. The Bertz CT molecular complexity index is 1100. The standard InChI is InChI=1S/C24H26F2N4O4/c25-24(26)5-6-29(12-15(24)11-28-9-13-7-14(13)10-28)16-1-2-17-18(8-16)23(34)30(22(17)33)19-3-4-20(31)27-21(19)32/h1-2,8,13-15,19H,3-7,9-12H2,(H,27,31,32). The van der Waals surface area contributed by atoms with Gasteiger partial charge in [-0.2, -0.15) is 0 Å². The number of halogens is 2. The summed E-state index contributed by atoms with van der Waals surface area (Å²) in [6.45, 7) is 2.51. The number of likely N-dealkylation sites (tertiary alicyclic amines) is 1. The second kappa shape index (κ2) is 7.56. The molecule has 4 fully saturated rings. The summed E-state index contributed by atoms with van der Waals surface area (Å²) in [5.41, 5.74) is 0.976. The van der Waals surface area contributed by atoms with Crippen LogP contribution in [-0.2, 0) is 9.59 Å². The van der Waals surface area contributed by atoms with E-state index in [2.05, 4.69) is 10.2 Å². The smallest absolute Gasteiger partial charge is 0.262 e. The molecule has 1 aromatic rings. The number of nitrogens with zero attached hydrogens (tertiary/aromatic N) is 3. The van der Waals surface area contributed by atoms with Crippen molar-refractivity contribution in [3.8, 4) is 0 Å². The summed E-state index contributed by atoms with van der Waals surface area (Å²) in [4.78, 5) is 54.6. The van der Waals surface area contributed by atoms with Crippen molar-refractivity contribution in [1.82, 2.24) is 15.1 Å². The number of carbonyl (C=O) groups is 4. The summed E-state index contributed by atoms with van der Waals surface area (Å²) in [7, 11) is 0. The highest BCUT2D eigenvalue weighted by Crippen LogP contribution is 2.46. The molecular weight excluding hydrogens is 446 g/mol. The van der Waals surface area contributed by atoms with Gasteiger partial charge in [0.2, 0.25) is 11.8 Å². The molecule has 0 spiro atoms. The minimum absolute atomic E-state index is 0.0525. The van der Waals surface area contributed by atoms with Gasteiger partial charge in [-0.3, -0.25) is 29.4 Å². The normalized spacial score (nSPS) is 32.6. The summed E-state index contributed by atoms with van der Waals surface area (Å²) in [5.74, 6) is -4.43. The average Bonchev–Trinajstić information content (AvgIpc) is 3.32. The third kappa shape index (κ3) is 3.50. The van der Waals surface area contributed by atoms with E-state index in [0.29, 0.717) is 24.1 Å². The number of carbonyl (C=O) groups excluding carboxylic acids is 4. The molecule has 4 atom stereocenters. The second-order valence-electron chi connectivity index (χ2n) is 10.3. The van der Waals surface area contributed by atoms with Gasteiger partial charge in [-0.1, -0.05) is 0 Å². The van der Waals surface area contributed by atoms with Crippen LogP contribution >= 0.6 is 0 Å². The van der Waals surface area contributed by atoms with Crippen LogP contribution in [0, 0.1) is 17.8 Å². The third-order valence-electron chi connectivity index (χ3n) is 8.07. The van der Waals surface area contributed by atoms with E-state index >= 15 is 0 Å². The Morgan fingerprint density at radius 1 is 1.00 bits per heavy atom. The molecule has 1 N–H and O–H groups in total. The van der Waals surface area contributed by atoms with Crippen molar-refractivity contribution in [2.75, 3.05) is 37.6 Å². The van der Waals surface area contributed by atoms with Crippen molar-refractivity contribution < 1.29 is 28.0 Å². The number of rotatable bonds is 4. The van der Waals surface area contributed by atoms with Crippen molar-refractivity contribution in [2.45, 2.75) is 37.6 Å². The molecular formula is C24H26F2N4O4. The van der Waals surface area contributed by atoms with Gasteiger partial charge in [0, 0.05) is 51.3 Å². The fourth-order valence-corrected chi connectivity index (χ4v) is 6.02. The number of imide groups is 2. The highest BCUT2D eigenvalue weighted by Gasteiger charge is 2.50. The maximum atomic E-state index is 14.8. The topological polar surface area (TPSA) is 90.0 Å².